The van der Waals surface area contributed by atoms with E-state index < -0.39 is 0 Å². The second kappa shape index (κ2) is 9.79. The van der Waals surface area contributed by atoms with Gasteiger partial charge in [-0.1, -0.05) is 24.3 Å². The van der Waals surface area contributed by atoms with Crippen LogP contribution in [0.3, 0.4) is 0 Å². The lowest BCUT2D eigenvalue weighted by Gasteiger charge is -2.38. The molecule has 0 aliphatic carbocycles. The van der Waals surface area contributed by atoms with Crippen molar-refractivity contribution in [1.29, 1.82) is 0 Å². The number of hydrogen-bond acceptors (Lipinski definition) is 6. The van der Waals surface area contributed by atoms with Gasteiger partial charge in [0.05, 0.1) is 50.8 Å². The summed E-state index contributed by atoms with van der Waals surface area (Å²) >= 11 is 0. The fraction of sp³-hybridized carbons (Fsp3) is 0.538. The van der Waals surface area contributed by atoms with Crippen LogP contribution in [0.1, 0.15) is 18.1 Å². The molecule has 0 bridgehead atoms. The van der Waals surface area contributed by atoms with Gasteiger partial charge in [0.25, 0.3) is 0 Å². The molecule has 6 heteroatoms. The van der Waals surface area contributed by atoms with Crippen molar-refractivity contribution in [1.82, 2.24) is 0 Å². The predicted octanol–water partition coefficient (Wildman–Crippen LogP) is 3.12. The van der Waals surface area contributed by atoms with Crippen LogP contribution in [0.4, 0.5) is 11.4 Å². The molecule has 6 nitrogen and oxygen atoms in total. The molecule has 3 fully saturated rings. The molecule has 32 heavy (non-hydrogen) atoms. The zero-order valence-electron chi connectivity index (χ0n) is 19.1. The van der Waals surface area contributed by atoms with E-state index in [1.165, 1.54) is 22.5 Å². The van der Waals surface area contributed by atoms with Gasteiger partial charge in [0.15, 0.2) is 0 Å². The van der Waals surface area contributed by atoms with E-state index in [1.54, 1.807) is 7.11 Å². The number of nitrogens with zero attached hydrogens (tertiary/aromatic N) is 2. The van der Waals surface area contributed by atoms with Gasteiger partial charge in [0.1, 0.15) is 0 Å². The number of anilines is 2. The second-order valence-corrected chi connectivity index (χ2v) is 9.22. The number of ether oxygens (including phenoxy) is 4. The highest BCUT2D eigenvalue weighted by atomic mass is 16.6. The van der Waals surface area contributed by atoms with Crippen molar-refractivity contribution in [2.75, 3.05) is 63.0 Å². The molecule has 3 atom stereocenters. The molecular formula is C26H34N2O4. The first kappa shape index (κ1) is 21.7. The Balaban J connectivity index is 1.21. The molecule has 172 valence electrons. The Kier molecular flexibility index (Phi) is 6.64. The van der Waals surface area contributed by atoms with Crippen LogP contribution < -0.4 is 9.80 Å². The van der Waals surface area contributed by atoms with Crippen LogP contribution in [-0.2, 0) is 25.4 Å². The van der Waals surface area contributed by atoms with E-state index in [-0.39, 0.29) is 6.10 Å². The van der Waals surface area contributed by atoms with Gasteiger partial charge in [-0.05, 0) is 48.7 Å². The van der Waals surface area contributed by atoms with Crippen molar-refractivity contribution < 1.29 is 18.9 Å². The summed E-state index contributed by atoms with van der Waals surface area (Å²) in [4.78, 5) is 4.81. The van der Waals surface area contributed by atoms with Crippen molar-refractivity contribution in [3.63, 3.8) is 0 Å². The smallest absolute Gasteiger partial charge is 0.0984 e. The van der Waals surface area contributed by atoms with E-state index in [2.05, 4.69) is 65.3 Å². The number of hydrogen-bond donors (Lipinski definition) is 0. The van der Waals surface area contributed by atoms with Gasteiger partial charge in [-0.25, -0.2) is 0 Å². The normalized spacial score (nSPS) is 22.8. The topological polar surface area (TPSA) is 50.0 Å². The molecule has 0 N–H and O–H groups in total. The fourth-order valence-corrected chi connectivity index (χ4v) is 4.22. The molecule has 3 heterocycles. The van der Waals surface area contributed by atoms with Crippen LogP contribution in [0, 0.1) is 0 Å². The maximum Gasteiger partial charge on any atom is 0.0984 e. The van der Waals surface area contributed by atoms with Gasteiger partial charge in [0.2, 0.25) is 0 Å². The standard InChI is InChI=1S/C26H34N2O4/c1-19(29-2)12-27(13-25-17-31-25)22-7-3-20(4-8-22)11-21-5-9-23(10-6-21)28(14-26-18-32-26)24-15-30-16-24/h3-10,19,24-26H,11-18H2,1-2H3. The minimum Gasteiger partial charge on any atom is -0.380 e. The van der Waals surface area contributed by atoms with E-state index >= 15 is 0 Å². The van der Waals surface area contributed by atoms with Gasteiger partial charge < -0.3 is 28.7 Å². The molecule has 0 spiro atoms. The number of benzene rings is 2. The Bertz CT molecular complexity index is 860. The van der Waals surface area contributed by atoms with E-state index in [0.29, 0.717) is 18.2 Å². The highest BCUT2D eigenvalue weighted by molar-refractivity contribution is 5.51. The highest BCUT2D eigenvalue weighted by Crippen LogP contribution is 2.26. The third kappa shape index (κ3) is 5.62. The molecule has 3 unspecified atom stereocenters. The quantitative estimate of drug-likeness (QED) is 0.475. The molecule has 3 aliphatic heterocycles. The summed E-state index contributed by atoms with van der Waals surface area (Å²) in [7, 11) is 1.77. The van der Waals surface area contributed by atoms with E-state index in [4.69, 9.17) is 18.9 Å². The average molecular weight is 439 g/mol. The Morgan fingerprint density at radius 2 is 1.41 bits per heavy atom. The summed E-state index contributed by atoms with van der Waals surface area (Å²) in [6, 6.07) is 18.4. The van der Waals surface area contributed by atoms with Crippen LogP contribution in [0.25, 0.3) is 0 Å². The summed E-state index contributed by atoms with van der Waals surface area (Å²) in [6.45, 7) is 8.23. The van der Waals surface area contributed by atoms with E-state index in [9.17, 15) is 0 Å². The Hall–Kier alpha value is -2.12. The number of rotatable bonds is 12. The van der Waals surface area contributed by atoms with Crippen molar-refractivity contribution in [3.05, 3.63) is 59.7 Å². The van der Waals surface area contributed by atoms with Crippen LogP contribution in [0.2, 0.25) is 0 Å². The van der Waals surface area contributed by atoms with Gasteiger partial charge in [-0.15, -0.1) is 0 Å². The van der Waals surface area contributed by atoms with Gasteiger partial charge in [0, 0.05) is 38.1 Å². The summed E-state index contributed by atoms with van der Waals surface area (Å²) in [5, 5.41) is 0. The third-order valence-electron chi connectivity index (χ3n) is 6.55. The van der Waals surface area contributed by atoms with Gasteiger partial charge >= 0.3 is 0 Å². The lowest BCUT2D eigenvalue weighted by molar-refractivity contribution is 0.00764. The average Bonchev–Trinajstić information content (AvgIpc) is 3.69. The van der Waals surface area contributed by atoms with Crippen LogP contribution >= 0.6 is 0 Å². The SMILES string of the molecule is COC(C)CN(CC1CO1)c1ccc(Cc2ccc(N(CC3CO3)C3COC3)cc2)cc1. The van der Waals surface area contributed by atoms with E-state index in [1.807, 2.05) is 0 Å². The molecule has 5 rings (SSSR count). The first-order valence-electron chi connectivity index (χ1n) is 11.7. The lowest BCUT2D eigenvalue weighted by Crippen LogP contribution is -2.50. The number of methoxy groups -OCH3 is 1. The molecule has 0 saturated carbocycles. The largest absolute Gasteiger partial charge is 0.380 e. The maximum absolute atomic E-state index is 5.48. The van der Waals surface area contributed by atoms with E-state index in [0.717, 1.165) is 52.5 Å². The molecule has 3 saturated heterocycles. The Morgan fingerprint density at radius 1 is 0.844 bits per heavy atom. The Labute approximate surface area is 191 Å². The second-order valence-electron chi connectivity index (χ2n) is 9.22. The van der Waals surface area contributed by atoms with Crippen molar-refractivity contribution in [3.8, 4) is 0 Å². The van der Waals surface area contributed by atoms with Crippen molar-refractivity contribution >= 4 is 11.4 Å². The summed E-state index contributed by atoms with van der Waals surface area (Å²) < 4.78 is 21.8. The molecule has 0 aromatic heterocycles. The van der Waals surface area contributed by atoms with Crippen molar-refractivity contribution in [2.45, 2.75) is 37.7 Å². The highest BCUT2D eigenvalue weighted by Gasteiger charge is 2.32. The molecular weight excluding hydrogens is 404 g/mol. The van der Waals surface area contributed by atoms with Crippen molar-refractivity contribution in [2.24, 2.45) is 0 Å². The minimum atomic E-state index is 0.185. The molecule has 2 aromatic rings. The maximum atomic E-state index is 5.48. The zero-order chi connectivity index (χ0) is 21.9. The summed E-state index contributed by atoms with van der Waals surface area (Å²) in [5.74, 6) is 0. The Morgan fingerprint density at radius 3 is 1.91 bits per heavy atom. The first-order valence-corrected chi connectivity index (χ1v) is 11.7. The first-order chi connectivity index (χ1) is 15.7. The number of epoxide rings is 2. The summed E-state index contributed by atoms with van der Waals surface area (Å²) in [6.07, 6.45) is 1.85. The third-order valence-corrected chi connectivity index (χ3v) is 6.55. The monoisotopic (exact) mass is 438 g/mol. The van der Waals surface area contributed by atoms with Crippen LogP contribution in [0.5, 0.6) is 0 Å². The predicted molar refractivity (Wildman–Crippen MR) is 126 cm³/mol. The van der Waals surface area contributed by atoms with Crippen LogP contribution in [0.15, 0.2) is 48.5 Å². The molecule has 2 aromatic carbocycles. The minimum absolute atomic E-state index is 0.185. The molecule has 0 amide bonds. The lowest BCUT2D eigenvalue weighted by atomic mass is 10.0. The molecule has 3 aliphatic rings. The van der Waals surface area contributed by atoms with Gasteiger partial charge in [-0.3, -0.25) is 0 Å². The summed E-state index contributed by atoms with van der Waals surface area (Å²) in [5.41, 5.74) is 5.13. The van der Waals surface area contributed by atoms with Crippen LogP contribution in [-0.4, -0.2) is 77.5 Å². The van der Waals surface area contributed by atoms with Gasteiger partial charge in [-0.2, -0.15) is 0 Å². The fourth-order valence-electron chi connectivity index (χ4n) is 4.22. The zero-order valence-corrected chi connectivity index (χ0v) is 19.1. The molecule has 0 radical (unpaired) electrons.